The van der Waals surface area contributed by atoms with E-state index in [-0.39, 0.29) is 6.42 Å². The Morgan fingerprint density at radius 3 is 2.76 bits per heavy atom. The third-order valence-electron chi connectivity index (χ3n) is 5.49. The van der Waals surface area contributed by atoms with Crippen LogP contribution >= 0.6 is 0 Å². The Morgan fingerprint density at radius 2 is 2.00 bits per heavy atom. The molecule has 0 fully saturated rings. The van der Waals surface area contributed by atoms with E-state index in [0.717, 1.165) is 29.3 Å². The maximum atomic E-state index is 14.2. The second-order valence-electron chi connectivity index (χ2n) is 8.03. The van der Waals surface area contributed by atoms with Gasteiger partial charge in [-0.15, -0.1) is 0 Å². The lowest BCUT2D eigenvalue weighted by Crippen LogP contribution is -2.19. The van der Waals surface area contributed by atoms with Crippen molar-refractivity contribution in [1.29, 1.82) is 0 Å². The number of aliphatic carboxylic acids is 1. The number of rotatable bonds is 11. The summed E-state index contributed by atoms with van der Waals surface area (Å²) < 4.78 is 20.0. The molecule has 0 spiro atoms. The van der Waals surface area contributed by atoms with Crippen LogP contribution in [0.2, 0.25) is 0 Å². The van der Waals surface area contributed by atoms with Crippen LogP contribution in [0.5, 0.6) is 5.75 Å². The van der Waals surface area contributed by atoms with Gasteiger partial charge in [-0.25, -0.2) is 14.4 Å². The monoisotopic (exact) mass is 462 g/mol. The summed E-state index contributed by atoms with van der Waals surface area (Å²) in [6, 6.07) is 15.4. The topological polar surface area (TPSA) is 100 Å². The van der Waals surface area contributed by atoms with Gasteiger partial charge in [-0.1, -0.05) is 31.2 Å². The lowest BCUT2D eigenvalue weighted by molar-refractivity contribution is -0.136. The van der Waals surface area contributed by atoms with Crippen LogP contribution in [0.25, 0.3) is 22.3 Å². The molecular weight excluding hydrogens is 435 g/mol. The quantitative estimate of drug-likeness (QED) is 0.284. The molecule has 4 rings (SSSR count). The van der Waals surface area contributed by atoms with Crippen molar-refractivity contribution >= 4 is 16.9 Å². The van der Waals surface area contributed by atoms with Gasteiger partial charge < -0.3 is 20.1 Å². The minimum Gasteiger partial charge on any atom is -0.494 e. The van der Waals surface area contributed by atoms with E-state index in [1.807, 2.05) is 48.5 Å². The summed E-state index contributed by atoms with van der Waals surface area (Å²) in [7, 11) is 0. The molecule has 0 aliphatic heterocycles. The van der Waals surface area contributed by atoms with Crippen molar-refractivity contribution in [1.82, 2.24) is 20.3 Å². The molecule has 2 aromatic heterocycles. The van der Waals surface area contributed by atoms with E-state index >= 15 is 0 Å². The maximum absolute atomic E-state index is 14.2. The molecule has 34 heavy (non-hydrogen) atoms. The molecule has 2 heterocycles. The molecule has 0 aliphatic rings. The van der Waals surface area contributed by atoms with Crippen molar-refractivity contribution in [3.63, 3.8) is 0 Å². The van der Waals surface area contributed by atoms with Crippen molar-refractivity contribution in [2.24, 2.45) is 0 Å². The number of hydrogen-bond donors (Lipinski definition) is 3. The molecule has 4 aromatic rings. The molecule has 3 N–H and O–H groups in total. The van der Waals surface area contributed by atoms with Crippen molar-refractivity contribution in [2.75, 3.05) is 13.2 Å². The molecule has 0 bridgehead atoms. The Bertz CT molecular complexity index is 1270. The van der Waals surface area contributed by atoms with E-state index in [0.29, 0.717) is 42.7 Å². The number of hydrogen-bond acceptors (Lipinski definition) is 5. The fraction of sp³-hybridized carbons (Fsp3) is 0.269. The van der Waals surface area contributed by atoms with Gasteiger partial charge in [0, 0.05) is 28.7 Å². The van der Waals surface area contributed by atoms with E-state index in [4.69, 9.17) is 9.84 Å². The first-order valence-electron chi connectivity index (χ1n) is 11.3. The lowest BCUT2D eigenvalue weighted by Gasteiger charge is -2.09. The highest BCUT2D eigenvalue weighted by Crippen LogP contribution is 2.22. The highest BCUT2D eigenvalue weighted by molar-refractivity contribution is 5.83. The average molecular weight is 463 g/mol. The van der Waals surface area contributed by atoms with Gasteiger partial charge in [0.1, 0.15) is 5.75 Å². The summed E-state index contributed by atoms with van der Waals surface area (Å²) in [4.78, 5) is 22.5. The van der Waals surface area contributed by atoms with Crippen molar-refractivity contribution in [3.05, 3.63) is 77.5 Å². The number of aryl methyl sites for hydroxylation is 1. The largest absolute Gasteiger partial charge is 0.494 e. The molecule has 0 saturated carbocycles. The molecule has 0 saturated heterocycles. The highest BCUT2D eigenvalue weighted by Gasteiger charge is 2.09. The van der Waals surface area contributed by atoms with Crippen molar-refractivity contribution in [2.45, 2.75) is 32.7 Å². The Labute approximate surface area is 197 Å². The Hall–Kier alpha value is -3.78. The molecule has 0 amide bonds. The maximum Gasteiger partial charge on any atom is 0.309 e. The number of aromatic nitrogens is 3. The molecule has 0 radical (unpaired) electrons. The van der Waals surface area contributed by atoms with Crippen LogP contribution in [0.1, 0.15) is 30.3 Å². The van der Waals surface area contributed by atoms with E-state index in [1.54, 1.807) is 0 Å². The standard InChI is InChI=1S/C26H27FN4O3/c1-2-17-4-6-18(7-5-17)26-29-15-22(27)24(31-26)16-28-10-3-11-34-21-8-9-23-19(13-21)12-20(30-23)14-25(32)33/h4-9,12-13,15,28,30H,2-3,10-11,14,16H2,1H3,(H,32,33). The van der Waals surface area contributed by atoms with Crippen LogP contribution in [0, 0.1) is 5.82 Å². The first kappa shape index (κ1) is 23.4. The molecule has 176 valence electrons. The van der Waals surface area contributed by atoms with Crippen LogP contribution in [0.15, 0.2) is 54.7 Å². The summed E-state index contributed by atoms with van der Waals surface area (Å²) >= 11 is 0. The molecule has 2 aromatic carbocycles. The third kappa shape index (κ3) is 5.96. The molecule has 0 unspecified atom stereocenters. The van der Waals surface area contributed by atoms with Crippen molar-refractivity contribution < 1.29 is 19.0 Å². The van der Waals surface area contributed by atoms with Crippen LogP contribution in [-0.2, 0) is 24.2 Å². The predicted molar refractivity (Wildman–Crippen MR) is 128 cm³/mol. The number of H-pyrrole nitrogens is 1. The van der Waals surface area contributed by atoms with E-state index in [2.05, 4.69) is 27.2 Å². The number of carboxylic acid groups (broad SMARTS) is 1. The van der Waals surface area contributed by atoms with Crippen LogP contribution in [-0.4, -0.2) is 39.2 Å². The molecule has 0 aliphatic carbocycles. The van der Waals surface area contributed by atoms with Gasteiger partial charge in [-0.3, -0.25) is 4.79 Å². The average Bonchev–Trinajstić information content (AvgIpc) is 3.23. The van der Waals surface area contributed by atoms with Crippen LogP contribution in [0.3, 0.4) is 0 Å². The first-order valence-corrected chi connectivity index (χ1v) is 11.3. The minimum atomic E-state index is -0.876. The first-order chi connectivity index (χ1) is 16.5. The molecule has 8 heteroatoms. The Balaban J connectivity index is 1.25. The normalized spacial score (nSPS) is 11.1. The molecular formula is C26H27FN4O3. The number of carboxylic acids is 1. The second kappa shape index (κ2) is 10.9. The Kier molecular flexibility index (Phi) is 7.49. The number of halogens is 1. The predicted octanol–water partition coefficient (Wildman–Crippen LogP) is 4.51. The summed E-state index contributed by atoms with van der Waals surface area (Å²) in [5, 5.41) is 13.0. The van der Waals surface area contributed by atoms with Gasteiger partial charge >= 0.3 is 5.97 Å². The number of benzene rings is 2. The summed E-state index contributed by atoms with van der Waals surface area (Å²) in [6.07, 6.45) is 2.86. The number of aromatic amines is 1. The van der Waals surface area contributed by atoms with E-state index < -0.39 is 11.8 Å². The zero-order chi connectivity index (χ0) is 23.9. The van der Waals surface area contributed by atoms with Gasteiger partial charge in [-0.2, -0.15) is 0 Å². The van der Waals surface area contributed by atoms with Crippen LogP contribution in [0.4, 0.5) is 4.39 Å². The number of fused-ring (bicyclic) bond motifs is 1. The fourth-order valence-corrected chi connectivity index (χ4v) is 3.67. The smallest absolute Gasteiger partial charge is 0.309 e. The van der Waals surface area contributed by atoms with Gasteiger partial charge in [0.05, 0.1) is 24.9 Å². The van der Waals surface area contributed by atoms with Gasteiger partial charge in [0.15, 0.2) is 11.6 Å². The summed E-state index contributed by atoms with van der Waals surface area (Å²) in [6.45, 7) is 3.53. The van der Waals surface area contributed by atoms with Gasteiger partial charge in [-0.05, 0) is 49.2 Å². The van der Waals surface area contributed by atoms with Gasteiger partial charge in [0.2, 0.25) is 0 Å². The number of carbonyl (C=O) groups is 1. The Morgan fingerprint density at radius 1 is 1.18 bits per heavy atom. The number of nitrogens with zero attached hydrogens (tertiary/aromatic N) is 2. The van der Waals surface area contributed by atoms with Gasteiger partial charge in [0.25, 0.3) is 0 Å². The van der Waals surface area contributed by atoms with E-state index in [9.17, 15) is 9.18 Å². The minimum absolute atomic E-state index is 0.0455. The van der Waals surface area contributed by atoms with E-state index in [1.165, 1.54) is 11.8 Å². The zero-order valence-corrected chi connectivity index (χ0v) is 19.0. The van der Waals surface area contributed by atoms with Crippen molar-refractivity contribution in [3.8, 4) is 17.1 Å². The summed E-state index contributed by atoms with van der Waals surface area (Å²) in [5.41, 5.74) is 3.95. The molecule has 7 nitrogen and oxygen atoms in total. The number of ether oxygens (including phenoxy) is 1. The highest BCUT2D eigenvalue weighted by atomic mass is 19.1. The lowest BCUT2D eigenvalue weighted by atomic mass is 10.1. The summed E-state index contributed by atoms with van der Waals surface area (Å²) in [5.74, 6) is -0.0798. The SMILES string of the molecule is CCc1ccc(-c2ncc(F)c(CNCCCOc3ccc4[nH]c(CC(=O)O)cc4c3)n2)cc1. The number of nitrogens with one attached hydrogen (secondary N) is 2. The fourth-order valence-electron chi connectivity index (χ4n) is 3.67. The second-order valence-corrected chi connectivity index (χ2v) is 8.03. The third-order valence-corrected chi connectivity index (χ3v) is 5.49. The van der Waals surface area contributed by atoms with Crippen LogP contribution < -0.4 is 10.1 Å². The molecule has 0 atom stereocenters. The zero-order valence-electron chi connectivity index (χ0n) is 19.0.